The third-order valence-corrected chi connectivity index (χ3v) is 6.28. The molecule has 32 heavy (non-hydrogen) atoms. The Bertz CT molecular complexity index is 1350. The minimum absolute atomic E-state index is 0.0190. The van der Waals surface area contributed by atoms with Gasteiger partial charge in [-0.1, -0.05) is 11.6 Å². The SMILES string of the molecule is Cn1ccc(-c2cc3cc(Nc4nc(N5CCCCC5)ncc4Cl)ccc3n(C)c2=O)c1. The molecule has 1 aliphatic heterocycles. The molecule has 164 valence electrons. The fourth-order valence-corrected chi connectivity index (χ4v) is 4.40. The molecule has 7 nitrogen and oxygen atoms in total. The van der Waals surface area contributed by atoms with Crippen molar-refractivity contribution in [3.63, 3.8) is 0 Å². The number of rotatable bonds is 4. The zero-order valence-electron chi connectivity index (χ0n) is 18.2. The molecule has 1 aliphatic rings. The lowest BCUT2D eigenvalue weighted by Crippen LogP contribution is -2.31. The van der Waals surface area contributed by atoms with Gasteiger partial charge in [0.15, 0.2) is 5.82 Å². The lowest BCUT2D eigenvalue weighted by molar-refractivity contribution is 0.568. The molecular weight excluding hydrogens is 424 g/mol. The largest absolute Gasteiger partial charge is 0.357 e. The molecule has 1 aromatic carbocycles. The quantitative estimate of drug-likeness (QED) is 0.489. The molecule has 0 aliphatic carbocycles. The third kappa shape index (κ3) is 3.84. The topological polar surface area (TPSA) is 68.0 Å². The molecule has 0 atom stereocenters. The van der Waals surface area contributed by atoms with E-state index in [1.54, 1.807) is 17.8 Å². The Labute approximate surface area is 191 Å². The zero-order chi connectivity index (χ0) is 22.2. The Morgan fingerprint density at radius 3 is 2.62 bits per heavy atom. The normalized spacial score (nSPS) is 14.2. The minimum atomic E-state index is -0.0190. The molecule has 1 N–H and O–H groups in total. The summed E-state index contributed by atoms with van der Waals surface area (Å²) in [6.45, 7) is 1.93. The van der Waals surface area contributed by atoms with E-state index in [0.717, 1.165) is 48.1 Å². The van der Waals surface area contributed by atoms with E-state index in [0.29, 0.717) is 22.4 Å². The smallest absolute Gasteiger partial charge is 0.258 e. The summed E-state index contributed by atoms with van der Waals surface area (Å²) in [6, 6.07) is 9.78. The van der Waals surface area contributed by atoms with Crippen molar-refractivity contribution in [1.29, 1.82) is 0 Å². The van der Waals surface area contributed by atoms with Gasteiger partial charge in [-0.25, -0.2) is 4.98 Å². The lowest BCUT2D eigenvalue weighted by Gasteiger charge is -2.26. The number of aromatic nitrogens is 4. The van der Waals surface area contributed by atoms with Crippen molar-refractivity contribution in [2.45, 2.75) is 19.3 Å². The number of pyridine rings is 1. The number of piperidine rings is 1. The van der Waals surface area contributed by atoms with E-state index < -0.39 is 0 Å². The zero-order valence-corrected chi connectivity index (χ0v) is 18.9. The predicted molar refractivity (Wildman–Crippen MR) is 130 cm³/mol. The highest BCUT2D eigenvalue weighted by Crippen LogP contribution is 2.29. The third-order valence-electron chi connectivity index (χ3n) is 6.00. The van der Waals surface area contributed by atoms with Crippen LogP contribution in [0.15, 0.2) is 53.7 Å². The number of nitrogens with one attached hydrogen (secondary N) is 1. The highest BCUT2D eigenvalue weighted by atomic mass is 35.5. The lowest BCUT2D eigenvalue weighted by atomic mass is 10.1. The summed E-state index contributed by atoms with van der Waals surface area (Å²) in [4.78, 5) is 24.2. The highest BCUT2D eigenvalue weighted by Gasteiger charge is 2.16. The number of benzene rings is 1. The van der Waals surface area contributed by atoms with Crippen molar-refractivity contribution in [2.75, 3.05) is 23.3 Å². The van der Waals surface area contributed by atoms with Gasteiger partial charge in [0, 0.05) is 61.8 Å². The van der Waals surface area contributed by atoms with Gasteiger partial charge < -0.3 is 19.4 Å². The van der Waals surface area contributed by atoms with E-state index in [1.165, 1.54) is 6.42 Å². The Morgan fingerprint density at radius 1 is 1.06 bits per heavy atom. The van der Waals surface area contributed by atoms with Gasteiger partial charge in [0.25, 0.3) is 5.56 Å². The molecule has 8 heteroatoms. The van der Waals surface area contributed by atoms with Crippen LogP contribution in [-0.2, 0) is 14.1 Å². The summed E-state index contributed by atoms with van der Waals surface area (Å²) in [5, 5.41) is 4.76. The Kier molecular flexibility index (Phi) is 5.35. The van der Waals surface area contributed by atoms with Crippen molar-refractivity contribution >= 4 is 40.0 Å². The van der Waals surface area contributed by atoms with Crippen molar-refractivity contribution in [3.8, 4) is 11.1 Å². The molecule has 0 bridgehead atoms. The molecule has 1 fully saturated rings. The second-order valence-corrected chi connectivity index (χ2v) is 8.71. The fourth-order valence-electron chi connectivity index (χ4n) is 4.26. The number of hydrogen-bond donors (Lipinski definition) is 1. The Morgan fingerprint density at radius 2 is 1.88 bits per heavy atom. The number of fused-ring (bicyclic) bond motifs is 1. The van der Waals surface area contributed by atoms with Gasteiger partial charge in [-0.05, 0) is 49.6 Å². The van der Waals surface area contributed by atoms with Crippen LogP contribution in [0.3, 0.4) is 0 Å². The first-order valence-corrected chi connectivity index (χ1v) is 11.2. The molecular formula is C24H25ClN6O. The molecule has 4 heterocycles. The maximum atomic E-state index is 12.9. The van der Waals surface area contributed by atoms with E-state index in [9.17, 15) is 4.79 Å². The van der Waals surface area contributed by atoms with E-state index in [-0.39, 0.29) is 5.56 Å². The van der Waals surface area contributed by atoms with Gasteiger partial charge in [0.2, 0.25) is 5.95 Å². The maximum absolute atomic E-state index is 12.9. The number of hydrogen-bond acceptors (Lipinski definition) is 5. The van der Waals surface area contributed by atoms with Crippen LogP contribution in [-0.4, -0.2) is 32.2 Å². The van der Waals surface area contributed by atoms with Crippen LogP contribution in [0.2, 0.25) is 5.02 Å². The Hall–Kier alpha value is -3.32. The first-order chi connectivity index (χ1) is 15.5. The monoisotopic (exact) mass is 448 g/mol. The highest BCUT2D eigenvalue weighted by molar-refractivity contribution is 6.32. The summed E-state index contributed by atoms with van der Waals surface area (Å²) < 4.78 is 3.63. The summed E-state index contributed by atoms with van der Waals surface area (Å²) >= 11 is 6.40. The van der Waals surface area contributed by atoms with Gasteiger partial charge in [-0.2, -0.15) is 4.98 Å². The van der Waals surface area contributed by atoms with Gasteiger partial charge in [-0.15, -0.1) is 0 Å². The van der Waals surface area contributed by atoms with Gasteiger partial charge in [0.1, 0.15) is 5.02 Å². The molecule has 4 aromatic rings. The van der Waals surface area contributed by atoms with E-state index in [2.05, 4.69) is 20.2 Å². The predicted octanol–water partition coefficient (Wildman–Crippen LogP) is 4.72. The molecule has 3 aromatic heterocycles. The van der Waals surface area contributed by atoms with Crippen molar-refractivity contribution in [2.24, 2.45) is 14.1 Å². The summed E-state index contributed by atoms with van der Waals surface area (Å²) in [7, 11) is 3.75. The van der Waals surface area contributed by atoms with Crippen LogP contribution in [0.1, 0.15) is 19.3 Å². The van der Waals surface area contributed by atoms with E-state index >= 15 is 0 Å². The average Bonchev–Trinajstić information content (AvgIpc) is 3.24. The van der Waals surface area contributed by atoms with Crippen LogP contribution in [0.25, 0.3) is 22.0 Å². The van der Waals surface area contributed by atoms with Crippen molar-refractivity contribution in [3.05, 3.63) is 64.3 Å². The molecule has 0 saturated carbocycles. The van der Waals surface area contributed by atoms with Crippen LogP contribution in [0, 0.1) is 0 Å². The minimum Gasteiger partial charge on any atom is -0.357 e. The van der Waals surface area contributed by atoms with Crippen LogP contribution >= 0.6 is 11.6 Å². The summed E-state index contributed by atoms with van der Waals surface area (Å²) in [5.74, 6) is 1.28. The molecule has 5 rings (SSSR count). The van der Waals surface area contributed by atoms with Crippen molar-refractivity contribution < 1.29 is 0 Å². The maximum Gasteiger partial charge on any atom is 0.258 e. The first kappa shape index (κ1) is 20.6. The number of nitrogens with zero attached hydrogens (tertiary/aromatic N) is 5. The van der Waals surface area contributed by atoms with Crippen molar-refractivity contribution in [1.82, 2.24) is 19.1 Å². The van der Waals surface area contributed by atoms with Crippen LogP contribution in [0.5, 0.6) is 0 Å². The number of anilines is 3. The second kappa shape index (κ2) is 8.31. The first-order valence-electron chi connectivity index (χ1n) is 10.8. The standard InChI is InChI=1S/C24H25ClN6O/c1-29-11-8-16(15-29)19-13-17-12-18(6-7-21(17)30(2)23(19)32)27-22-20(25)14-26-24(28-22)31-9-4-3-5-10-31/h6-8,11-15H,3-5,9-10H2,1-2H3,(H,26,27,28). The molecule has 0 amide bonds. The van der Waals surface area contributed by atoms with Gasteiger partial charge in [0.05, 0.1) is 11.7 Å². The number of halogens is 1. The molecule has 0 spiro atoms. The summed E-state index contributed by atoms with van der Waals surface area (Å²) in [5.41, 5.74) is 3.27. The van der Waals surface area contributed by atoms with Gasteiger partial charge in [-0.3, -0.25) is 4.79 Å². The van der Waals surface area contributed by atoms with Gasteiger partial charge >= 0.3 is 0 Å². The molecule has 0 unspecified atom stereocenters. The van der Waals surface area contributed by atoms with Crippen LogP contribution < -0.4 is 15.8 Å². The van der Waals surface area contributed by atoms with E-state index in [1.807, 2.05) is 54.3 Å². The fraction of sp³-hybridized carbons (Fsp3) is 0.292. The Balaban J connectivity index is 1.51. The van der Waals surface area contributed by atoms with Crippen LogP contribution in [0.4, 0.5) is 17.5 Å². The second-order valence-electron chi connectivity index (χ2n) is 8.30. The van der Waals surface area contributed by atoms with E-state index in [4.69, 9.17) is 11.6 Å². The molecule has 0 radical (unpaired) electrons. The molecule has 1 saturated heterocycles. The summed E-state index contributed by atoms with van der Waals surface area (Å²) in [6.07, 6.45) is 9.10. The average molecular weight is 449 g/mol. The number of aryl methyl sites for hydroxylation is 2.